The van der Waals surface area contributed by atoms with Crippen molar-refractivity contribution in [1.82, 2.24) is 9.55 Å². The smallest absolute Gasteiger partial charge is 0.131 e. The van der Waals surface area contributed by atoms with E-state index in [0.29, 0.717) is 17.4 Å². The van der Waals surface area contributed by atoms with Gasteiger partial charge in [-0.15, -0.1) is 0 Å². The molecule has 0 radical (unpaired) electrons. The molecule has 1 aromatic heterocycles. The van der Waals surface area contributed by atoms with Gasteiger partial charge in [0, 0.05) is 10.0 Å². The number of imidazole rings is 1. The Morgan fingerprint density at radius 1 is 1.14 bits per heavy atom. The number of anilines is 1. The van der Waals surface area contributed by atoms with E-state index in [4.69, 9.17) is 17.3 Å². The molecule has 106 valence electrons. The lowest BCUT2D eigenvalue weighted by atomic mass is 10.1. The number of hydrogen-bond donors (Lipinski definition) is 1. The van der Waals surface area contributed by atoms with Crippen LogP contribution >= 0.6 is 27.5 Å². The Hall–Kier alpha value is -1.78. The quantitative estimate of drug-likeness (QED) is 0.740. The van der Waals surface area contributed by atoms with Gasteiger partial charge in [0.25, 0.3) is 0 Å². The van der Waals surface area contributed by atoms with Gasteiger partial charge in [0.2, 0.25) is 0 Å². The predicted octanol–water partition coefficient (Wildman–Crippen LogP) is 4.60. The molecule has 3 rings (SSSR count). The van der Waals surface area contributed by atoms with Gasteiger partial charge in [-0.25, -0.2) is 4.98 Å². The standard InChI is InChI=1S/C16H13BrClN3/c17-13-8-12(6-7-14(13)18)15-16(19)21(10-20-15)9-11-4-2-1-3-5-11/h1-8,10H,9,19H2. The second-order valence-electron chi connectivity index (χ2n) is 4.72. The van der Waals surface area contributed by atoms with Crippen molar-refractivity contribution in [3.05, 3.63) is 69.9 Å². The lowest BCUT2D eigenvalue weighted by Crippen LogP contribution is -2.03. The van der Waals surface area contributed by atoms with Gasteiger partial charge in [0.15, 0.2) is 0 Å². The van der Waals surface area contributed by atoms with Crippen LogP contribution < -0.4 is 5.73 Å². The van der Waals surface area contributed by atoms with Gasteiger partial charge < -0.3 is 10.3 Å². The number of nitrogens with two attached hydrogens (primary N) is 1. The molecule has 0 aliphatic rings. The zero-order chi connectivity index (χ0) is 14.8. The third-order valence-corrected chi connectivity index (χ3v) is 4.48. The first-order valence-corrected chi connectivity index (χ1v) is 7.62. The van der Waals surface area contributed by atoms with Crippen LogP contribution in [0.1, 0.15) is 5.56 Å². The zero-order valence-electron chi connectivity index (χ0n) is 11.1. The molecule has 0 spiro atoms. The monoisotopic (exact) mass is 361 g/mol. The number of nitrogen functional groups attached to an aromatic ring is 1. The van der Waals surface area contributed by atoms with Gasteiger partial charge in [-0.2, -0.15) is 0 Å². The summed E-state index contributed by atoms with van der Waals surface area (Å²) in [6, 6.07) is 15.8. The molecule has 3 nitrogen and oxygen atoms in total. The van der Waals surface area contributed by atoms with Crippen molar-refractivity contribution in [2.45, 2.75) is 6.54 Å². The van der Waals surface area contributed by atoms with Gasteiger partial charge in [-0.05, 0) is 33.6 Å². The molecule has 0 aliphatic heterocycles. The lowest BCUT2D eigenvalue weighted by molar-refractivity contribution is 0.808. The van der Waals surface area contributed by atoms with Crippen LogP contribution in [-0.2, 0) is 6.54 Å². The molecular weight excluding hydrogens is 350 g/mol. The van der Waals surface area contributed by atoms with Gasteiger partial charge in [0.05, 0.1) is 17.9 Å². The maximum absolute atomic E-state index is 6.22. The Morgan fingerprint density at radius 2 is 1.90 bits per heavy atom. The average Bonchev–Trinajstić information content (AvgIpc) is 2.84. The molecule has 1 heterocycles. The topological polar surface area (TPSA) is 43.8 Å². The van der Waals surface area contributed by atoms with E-state index in [-0.39, 0.29) is 0 Å². The SMILES string of the molecule is Nc1c(-c2ccc(Cl)c(Br)c2)ncn1Cc1ccccc1. The highest BCUT2D eigenvalue weighted by molar-refractivity contribution is 9.10. The molecule has 0 unspecified atom stereocenters. The molecule has 0 bridgehead atoms. The van der Waals surface area contributed by atoms with Gasteiger partial charge >= 0.3 is 0 Å². The predicted molar refractivity (Wildman–Crippen MR) is 90.3 cm³/mol. The molecule has 0 atom stereocenters. The van der Waals surface area contributed by atoms with E-state index in [1.54, 1.807) is 6.33 Å². The second-order valence-corrected chi connectivity index (χ2v) is 5.98. The van der Waals surface area contributed by atoms with Crippen LogP contribution in [0.4, 0.5) is 5.82 Å². The van der Waals surface area contributed by atoms with Gasteiger partial charge in [-0.1, -0.05) is 48.0 Å². The summed E-state index contributed by atoms with van der Waals surface area (Å²) in [5.41, 5.74) is 9.12. The Bertz CT molecular complexity index is 768. The third-order valence-electron chi connectivity index (χ3n) is 3.27. The fourth-order valence-electron chi connectivity index (χ4n) is 2.16. The van der Waals surface area contributed by atoms with Crippen LogP contribution in [0, 0.1) is 0 Å². The Balaban J connectivity index is 1.93. The zero-order valence-corrected chi connectivity index (χ0v) is 13.5. The summed E-state index contributed by atoms with van der Waals surface area (Å²) in [7, 11) is 0. The molecule has 0 saturated carbocycles. The average molecular weight is 363 g/mol. The van der Waals surface area contributed by atoms with E-state index in [9.17, 15) is 0 Å². The minimum Gasteiger partial charge on any atom is -0.383 e. The van der Waals surface area contributed by atoms with E-state index in [2.05, 4.69) is 33.0 Å². The summed E-state index contributed by atoms with van der Waals surface area (Å²) in [4.78, 5) is 4.43. The first kappa shape index (κ1) is 14.2. The Morgan fingerprint density at radius 3 is 2.62 bits per heavy atom. The highest BCUT2D eigenvalue weighted by Gasteiger charge is 2.11. The summed E-state index contributed by atoms with van der Waals surface area (Å²) < 4.78 is 2.77. The third kappa shape index (κ3) is 2.96. The minimum atomic E-state index is 0.646. The molecule has 2 aromatic carbocycles. The van der Waals surface area contributed by atoms with Crippen LogP contribution in [0.3, 0.4) is 0 Å². The molecule has 0 aliphatic carbocycles. The van der Waals surface area contributed by atoms with Crippen LogP contribution in [0.15, 0.2) is 59.3 Å². The molecule has 5 heteroatoms. The molecule has 21 heavy (non-hydrogen) atoms. The van der Waals surface area contributed by atoms with Crippen LogP contribution in [-0.4, -0.2) is 9.55 Å². The summed E-state index contributed by atoms with van der Waals surface area (Å²) in [6.45, 7) is 0.703. The Labute approximate surface area is 136 Å². The summed E-state index contributed by atoms with van der Waals surface area (Å²) in [6.07, 6.45) is 1.76. The number of hydrogen-bond acceptors (Lipinski definition) is 2. The Kier molecular flexibility index (Phi) is 3.99. The van der Waals surface area contributed by atoms with Crippen LogP contribution in [0.2, 0.25) is 5.02 Å². The number of nitrogens with zero attached hydrogens (tertiary/aromatic N) is 2. The minimum absolute atomic E-state index is 0.646. The summed E-state index contributed by atoms with van der Waals surface area (Å²) in [5.74, 6) is 0.646. The van der Waals surface area contributed by atoms with E-state index in [1.807, 2.05) is 41.0 Å². The van der Waals surface area contributed by atoms with Gasteiger partial charge in [0.1, 0.15) is 11.5 Å². The van der Waals surface area contributed by atoms with Crippen molar-refractivity contribution in [3.8, 4) is 11.3 Å². The van der Waals surface area contributed by atoms with Crippen molar-refractivity contribution in [3.63, 3.8) is 0 Å². The van der Waals surface area contributed by atoms with Crippen molar-refractivity contribution in [2.24, 2.45) is 0 Å². The van der Waals surface area contributed by atoms with Gasteiger partial charge in [-0.3, -0.25) is 0 Å². The summed E-state index contributed by atoms with van der Waals surface area (Å²) in [5, 5.41) is 0.668. The number of halogens is 2. The molecule has 0 saturated heterocycles. The molecular formula is C16H13BrClN3. The lowest BCUT2D eigenvalue weighted by Gasteiger charge is -2.06. The first-order chi connectivity index (χ1) is 10.1. The highest BCUT2D eigenvalue weighted by atomic mass is 79.9. The fourth-order valence-corrected chi connectivity index (χ4v) is 2.66. The first-order valence-electron chi connectivity index (χ1n) is 6.45. The molecule has 0 amide bonds. The maximum atomic E-state index is 6.22. The van der Waals surface area contributed by atoms with Crippen molar-refractivity contribution >= 4 is 33.3 Å². The second kappa shape index (κ2) is 5.92. The molecule has 0 fully saturated rings. The van der Waals surface area contributed by atoms with Crippen molar-refractivity contribution < 1.29 is 0 Å². The van der Waals surface area contributed by atoms with Crippen molar-refractivity contribution in [2.75, 3.05) is 5.73 Å². The number of aromatic nitrogens is 2. The number of benzene rings is 2. The van der Waals surface area contributed by atoms with Crippen LogP contribution in [0.25, 0.3) is 11.3 Å². The van der Waals surface area contributed by atoms with E-state index in [1.165, 1.54) is 5.56 Å². The normalized spacial score (nSPS) is 10.8. The number of rotatable bonds is 3. The maximum Gasteiger partial charge on any atom is 0.131 e. The largest absolute Gasteiger partial charge is 0.383 e. The molecule has 2 N–H and O–H groups in total. The fraction of sp³-hybridized carbons (Fsp3) is 0.0625. The van der Waals surface area contributed by atoms with Crippen LogP contribution in [0.5, 0.6) is 0 Å². The van der Waals surface area contributed by atoms with E-state index >= 15 is 0 Å². The van der Waals surface area contributed by atoms with E-state index < -0.39 is 0 Å². The van der Waals surface area contributed by atoms with Crippen molar-refractivity contribution in [1.29, 1.82) is 0 Å². The highest BCUT2D eigenvalue weighted by Crippen LogP contribution is 2.31. The van der Waals surface area contributed by atoms with E-state index in [0.717, 1.165) is 15.7 Å². The molecule has 3 aromatic rings. The summed E-state index contributed by atoms with van der Waals surface area (Å²) >= 11 is 9.44.